The fraction of sp³-hybridized carbons (Fsp3) is 0.838. The number of allylic oxidation sites excluding steroid dienone is 2. The summed E-state index contributed by atoms with van der Waals surface area (Å²) in [6.45, 7) is 11.8. The zero-order valence-electron chi connectivity index (χ0n) is 28.8. The van der Waals surface area contributed by atoms with Crippen molar-refractivity contribution in [3.05, 3.63) is 22.8 Å². The number of amides is 2. The van der Waals surface area contributed by atoms with Crippen LogP contribution in [0.25, 0.3) is 0 Å². The number of halogens is 3. The molecular formula is C37H56F3N3O4. The first-order chi connectivity index (χ1) is 22.2. The van der Waals surface area contributed by atoms with Crippen LogP contribution in [0, 0.1) is 35.0 Å². The number of nitrogens with one attached hydrogen (secondary N) is 2. The first-order valence-electron chi connectivity index (χ1n) is 18.4. The molecular weight excluding hydrogens is 607 g/mol. The van der Waals surface area contributed by atoms with E-state index in [0.717, 1.165) is 51.6 Å². The SMILES string of the molecule is CC1=C2C[C@H]3[C@@H](CC=C4C[C@@H](O)CC[C@@]43C)[C@@H]2CC[C@]12O[C@@H]1C[C@H](C)CN(CCNC(=O)CCCCCNC(=O)C(F)(F)F)[C@H]1[C@H]2C. The molecule has 4 fully saturated rings. The van der Waals surface area contributed by atoms with Crippen LogP contribution in [0.2, 0.25) is 0 Å². The van der Waals surface area contributed by atoms with Gasteiger partial charge in [-0.05, 0) is 106 Å². The highest BCUT2D eigenvalue weighted by molar-refractivity contribution is 5.81. The molecule has 3 N–H and O–H groups in total. The van der Waals surface area contributed by atoms with Crippen LogP contribution in [-0.2, 0) is 14.3 Å². The summed E-state index contributed by atoms with van der Waals surface area (Å²) in [4.78, 5) is 26.0. The molecule has 2 heterocycles. The number of likely N-dealkylation sites (tertiary alicyclic amines) is 1. The highest BCUT2D eigenvalue weighted by atomic mass is 19.4. The fourth-order valence-electron chi connectivity index (χ4n) is 11.0. The number of rotatable bonds is 9. The van der Waals surface area contributed by atoms with Gasteiger partial charge in [-0.2, -0.15) is 13.2 Å². The van der Waals surface area contributed by atoms with Gasteiger partial charge < -0.3 is 20.5 Å². The van der Waals surface area contributed by atoms with Gasteiger partial charge in [0.25, 0.3) is 0 Å². The Labute approximate surface area is 278 Å². The van der Waals surface area contributed by atoms with Gasteiger partial charge in [0, 0.05) is 44.6 Å². The fourth-order valence-corrected chi connectivity index (χ4v) is 11.0. The normalized spacial score (nSPS) is 40.0. The third kappa shape index (κ3) is 6.56. The maximum absolute atomic E-state index is 12.5. The standard InChI is InChI=1S/C37H56F3N3O4/c1-22-18-31-33(43(21-22)17-16-41-32(45)8-6-5-7-15-42-34(46)37(38,39)40)24(3)36(47-31)14-12-27-28-10-9-25-19-26(44)11-13-35(25,4)30(28)20-29(27)23(36)2/h9,22,24,26-28,30-31,33,44H,5-8,10-21H2,1-4H3,(H,41,45)(H,42,46)/t22-,24+,26-,27-,28-,30-,31+,33-,35-,36-/m0/s1. The molecule has 1 spiro atoms. The zero-order chi connectivity index (χ0) is 33.7. The minimum atomic E-state index is -4.86. The lowest BCUT2D eigenvalue weighted by Crippen LogP contribution is -2.54. The topological polar surface area (TPSA) is 90.9 Å². The monoisotopic (exact) mass is 663 g/mol. The highest BCUT2D eigenvalue weighted by Crippen LogP contribution is 2.65. The predicted molar refractivity (Wildman–Crippen MR) is 174 cm³/mol. The van der Waals surface area contributed by atoms with E-state index >= 15 is 0 Å². The Hall–Kier alpha value is -1.91. The van der Waals surface area contributed by atoms with Crippen molar-refractivity contribution in [1.82, 2.24) is 15.5 Å². The van der Waals surface area contributed by atoms with Crippen LogP contribution < -0.4 is 10.6 Å². The smallest absolute Gasteiger partial charge is 0.393 e. The maximum Gasteiger partial charge on any atom is 0.471 e. The van der Waals surface area contributed by atoms with Crippen molar-refractivity contribution in [2.45, 2.75) is 135 Å². The summed E-state index contributed by atoms with van der Waals surface area (Å²) in [7, 11) is 0. The Balaban J connectivity index is 1.04. The number of carbonyl (C=O) groups excluding carboxylic acids is 2. The number of nitrogens with zero attached hydrogens (tertiary/aromatic N) is 1. The van der Waals surface area contributed by atoms with Gasteiger partial charge in [-0.3, -0.25) is 14.5 Å². The van der Waals surface area contributed by atoms with E-state index in [4.69, 9.17) is 4.74 Å². The number of carbonyl (C=O) groups is 2. The van der Waals surface area contributed by atoms with Crippen molar-refractivity contribution in [2.75, 3.05) is 26.2 Å². The van der Waals surface area contributed by atoms with Gasteiger partial charge in [0.05, 0.1) is 17.8 Å². The molecule has 0 radical (unpaired) electrons. The van der Waals surface area contributed by atoms with E-state index in [2.05, 4.69) is 44.0 Å². The minimum Gasteiger partial charge on any atom is -0.393 e. The molecule has 6 rings (SSSR count). The van der Waals surface area contributed by atoms with E-state index in [-0.39, 0.29) is 35.7 Å². The number of hydrogen-bond donors (Lipinski definition) is 3. The van der Waals surface area contributed by atoms with Crippen molar-refractivity contribution >= 4 is 11.8 Å². The molecule has 0 aromatic heterocycles. The summed E-state index contributed by atoms with van der Waals surface area (Å²) in [6.07, 6.45) is 8.03. The van der Waals surface area contributed by atoms with Crippen molar-refractivity contribution in [3.8, 4) is 0 Å². The van der Waals surface area contributed by atoms with Gasteiger partial charge in [-0.25, -0.2) is 0 Å². The number of piperidine rings is 1. The Kier molecular flexibility index (Phi) is 9.98. The molecule has 0 aromatic carbocycles. The quantitative estimate of drug-likeness (QED) is 0.206. The van der Waals surface area contributed by atoms with Crippen LogP contribution in [0.1, 0.15) is 105 Å². The number of aliphatic hydroxyl groups excluding tert-OH is 1. The predicted octanol–water partition coefficient (Wildman–Crippen LogP) is 6.07. The Morgan fingerprint density at radius 2 is 1.87 bits per heavy atom. The molecule has 2 saturated carbocycles. The van der Waals surface area contributed by atoms with E-state index in [9.17, 15) is 27.9 Å². The van der Waals surface area contributed by atoms with Crippen molar-refractivity contribution < 1.29 is 32.6 Å². The molecule has 10 atom stereocenters. The van der Waals surface area contributed by atoms with Crippen LogP contribution in [0.15, 0.2) is 22.8 Å². The number of ether oxygens (including phenoxy) is 1. The second-order valence-electron chi connectivity index (χ2n) is 16.1. The lowest BCUT2D eigenvalue weighted by Gasteiger charge is -2.49. The summed E-state index contributed by atoms with van der Waals surface area (Å²) in [5.74, 6) is 0.925. The summed E-state index contributed by atoms with van der Waals surface area (Å²) in [5.41, 5.74) is 4.67. The van der Waals surface area contributed by atoms with Gasteiger partial charge in [-0.1, -0.05) is 44.4 Å². The Morgan fingerprint density at radius 3 is 2.64 bits per heavy atom. The average molecular weight is 664 g/mol. The van der Waals surface area contributed by atoms with Crippen LogP contribution in [0.5, 0.6) is 0 Å². The van der Waals surface area contributed by atoms with E-state index in [1.165, 1.54) is 24.0 Å². The van der Waals surface area contributed by atoms with Crippen molar-refractivity contribution in [3.63, 3.8) is 0 Å². The molecule has 7 nitrogen and oxygen atoms in total. The largest absolute Gasteiger partial charge is 0.471 e. The number of hydrogen-bond acceptors (Lipinski definition) is 5. The van der Waals surface area contributed by atoms with Gasteiger partial charge in [0.2, 0.25) is 5.91 Å². The highest BCUT2D eigenvalue weighted by Gasteiger charge is 2.61. The molecule has 6 aliphatic rings. The van der Waals surface area contributed by atoms with E-state index in [1.54, 1.807) is 5.57 Å². The van der Waals surface area contributed by atoms with Crippen LogP contribution in [0.3, 0.4) is 0 Å². The minimum absolute atomic E-state index is 0.0430. The average Bonchev–Trinajstić information content (AvgIpc) is 3.53. The van der Waals surface area contributed by atoms with E-state index < -0.39 is 12.1 Å². The zero-order valence-corrected chi connectivity index (χ0v) is 28.8. The number of unbranched alkanes of at least 4 members (excludes halogenated alkanes) is 2. The number of fused-ring (bicyclic) bond motifs is 6. The third-order valence-corrected chi connectivity index (χ3v) is 13.4. The lowest BCUT2D eigenvalue weighted by atomic mass is 9.56. The first kappa shape index (κ1) is 34.9. The number of aliphatic hydroxyl groups is 1. The molecule has 4 aliphatic carbocycles. The molecule has 2 aliphatic heterocycles. The maximum atomic E-state index is 12.5. The van der Waals surface area contributed by atoms with Crippen molar-refractivity contribution in [1.29, 1.82) is 0 Å². The Bertz CT molecular complexity index is 1270. The summed E-state index contributed by atoms with van der Waals surface area (Å²) < 4.78 is 44.1. The summed E-state index contributed by atoms with van der Waals surface area (Å²) >= 11 is 0. The Morgan fingerprint density at radius 1 is 1.09 bits per heavy atom. The molecule has 47 heavy (non-hydrogen) atoms. The number of alkyl halides is 3. The van der Waals surface area contributed by atoms with Crippen LogP contribution >= 0.6 is 0 Å². The summed E-state index contributed by atoms with van der Waals surface area (Å²) in [5, 5.41) is 15.3. The van der Waals surface area contributed by atoms with E-state index in [0.29, 0.717) is 67.9 Å². The second-order valence-corrected chi connectivity index (χ2v) is 16.1. The summed E-state index contributed by atoms with van der Waals surface area (Å²) in [6, 6.07) is 0.316. The van der Waals surface area contributed by atoms with Gasteiger partial charge in [-0.15, -0.1) is 0 Å². The van der Waals surface area contributed by atoms with Gasteiger partial charge >= 0.3 is 12.1 Å². The molecule has 0 bridgehead atoms. The van der Waals surface area contributed by atoms with Crippen molar-refractivity contribution in [2.24, 2.45) is 35.0 Å². The van der Waals surface area contributed by atoms with E-state index in [1.807, 2.05) is 5.32 Å². The third-order valence-electron chi connectivity index (χ3n) is 13.4. The molecule has 2 saturated heterocycles. The lowest BCUT2D eigenvalue weighted by molar-refractivity contribution is -0.173. The van der Waals surface area contributed by atoms with Crippen LogP contribution in [-0.4, -0.2) is 78.0 Å². The van der Waals surface area contributed by atoms with Gasteiger partial charge in [0.1, 0.15) is 0 Å². The first-order valence-corrected chi connectivity index (χ1v) is 18.4. The second kappa shape index (κ2) is 13.4. The molecule has 0 aromatic rings. The molecule has 264 valence electrons. The van der Waals surface area contributed by atoms with Gasteiger partial charge in [0.15, 0.2) is 0 Å². The molecule has 2 amide bonds. The molecule has 10 heteroatoms. The molecule has 0 unspecified atom stereocenters. The van der Waals surface area contributed by atoms with Crippen LogP contribution in [0.4, 0.5) is 13.2 Å².